The largest absolute Gasteiger partial charge is 0.505 e. The first-order valence-corrected chi connectivity index (χ1v) is 15.4. The van der Waals surface area contributed by atoms with E-state index in [2.05, 4.69) is 27.9 Å². The predicted molar refractivity (Wildman–Crippen MR) is 170 cm³/mol. The number of aromatic hydroxyl groups is 1. The quantitative estimate of drug-likeness (QED) is 0.0297. The van der Waals surface area contributed by atoms with E-state index in [1.807, 2.05) is 30.5 Å². The molecule has 4 aromatic rings. The van der Waals surface area contributed by atoms with Gasteiger partial charge in [0.2, 0.25) is 5.91 Å². The molecule has 14 heteroatoms. The zero-order valence-electron chi connectivity index (χ0n) is 25.5. The third-order valence-electron chi connectivity index (χ3n) is 6.80. The molecule has 0 aliphatic heterocycles. The van der Waals surface area contributed by atoms with Gasteiger partial charge in [0.25, 0.3) is 10.1 Å². The van der Waals surface area contributed by atoms with Crippen LogP contribution in [0, 0.1) is 6.92 Å². The summed E-state index contributed by atoms with van der Waals surface area (Å²) in [6.07, 6.45) is 2.04. The van der Waals surface area contributed by atoms with Crippen molar-refractivity contribution in [3.63, 3.8) is 0 Å². The number of nitrogens with zero attached hydrogens (tertiary/aromatic N) is 2. The summed E-state index contributed by atoms with van der Waals surface area (Å²) in [5, 5.41) is 22.2. The molecule has 238 valence electrons. The highest BCUT2D eigenvalue weighted by Crippen LogP contribution is 2.44. The van der Waals surface area contributed by atoms with E-state index in [4.69, 9.17) is 14.2 Å². The number of aryl methyl sites for hydroxylation is 1. The van der Waals surface area contributed by atoms with E-state index in [0.717, 1.165) is 35.9 Å². The number of unbranched alkanes of at least 4 members (excludes halogenated alkanes) is 1. The number of hydrogen-bond donors (Lipinski definition) is 5. The number of nitrogens with one attached hydrogen (secondary N) is 2. The number of hydrogen-bond acceptors (Lipinski definition) is 10. The summed E-state index contributed by atoms with van der Waals surface area (Å²) in [4.78, 5) is 10.8. The topological polar surface area (TPSA) is 185 Å². The minimum absolute atomic E-state index is 0.159. The van der Waals surface area contributed by atoms with Gasteiger partial charge in [-0.1, -0.05) is 13.3 Å². The summed E-state index contributed by atoms with van der Waals surface area (Å²) in [6.45, 7) is 6.07. The number of amides is 1. The Morgan fingerprint density at radius 1 is 1.00 bits per heavy atom. The highest BCUT2D eigenvalue weighted by Gasteiger charge is 2.23. The van der Waals surface area contributed by atoms with Gasteiger partial charge in [-0.15, -0.1) is 10.2 Å². The van der Waals surface area contributed by atoms with E-state index in [-0.39, 0.29) is 28.1 Å². The van der Waals surface area contributed by atoms with E-state index in [1.165, 1.54) is 45.4 Å². The summed E-state index contributed by atoms with van der Waals surface area (Å²) in [5.41, 5.74) is 7.57. The number of anilines is 2. The van der Waals surface area contributed by atoms with Crippen LogP contribution in [0.4, 0.5) is 28.4 Å². The van der Waals surface area contributed by atoms with Crippen LogP contribution in [0.15, 0.2) is 69.7 Å². The van der Waals surface area contributed by atoms with Crippen molar-refractivity contribution in [2.24, 2.45) is 10.2 Å². The van der Waals surface area contributed by atoms with Crippen molar-refractivity contribution in [2.45, 2.75) is 38.5 Å². The van der Waals surface area contributed by atoms with Gasteiger partial charge in [-0.3, -0.25) is 9.35 Å². The molecule has 0 radical (unpaired) electrons. The number of ether oxygens (including phenoxy) is 3. The molecule has 0 aliphatic rings. The molecule has 4 aromatic carbocycles. The van der Waals surface area contributed by atoms with Crippen molar-refractivity contribution in [2.75, 3.05) is 31.6 Å². The SMILES string of the molecule is CCCCOc1ccc([NH2+]Nc2cc(OC)c(N=Nc3c(S(=O)(=O)O)cc4cc(NC(C)=O)ccc4c3O)cc2OC)c(C)c1. The summed E-state index contributed by atoms with van der Waals surface area (Å²) >= 11 is 0. The van der Waals surface area contributed by atoms with E-state index >= 15 is 0 Å². The van der Waals surface area contributed by atoms with Crippen molar-refractivity contribution < 1.29 is 42.5 Å². The standard InChI is InChI=1S/C31H35N5O8S/c1-6-7-12-44-22-9-11-24(18(2)13-22)33-34-25-16-28(43-5)26(17-27(25)42-4)35-36-30-29(45(39,40)41)15-20-14-21(32-19(3)37)8-10-23(20)31(30)38/h8-11,13-17,33-34,38H,6-7,12H2,1-5H3,(H,32,37)(H,39,40,41)/p+1. The number of azo groups is 1. The Balaban J connectivity index is 1.65. The van der Waals surface area contributed by atoms with Crippen LogP contribution in [0.2, 0.25) is 0 Å². The zero-order chi connectivity index (χ0) is 32.7. The minimum Gasteiger partial charge on any atom is -0.505 e. The smallest absolute Gasteiger partial charge is 0.296 e. The number of phenolic OH excluding ortho intramolecular Hbond substituents is 1. The van der Waals surface area contributed by atoms with Gasteiger partial charge in [0.1, 0.15) is 39.2 Å². The van der Waals surface area contributed by atoms with Crippen molar-refractivity contribution in [3.8, 4) is 23.0 Å². The van der Waals surface area contributed by atoms with E-state index in [1.54, 1.807) is 6.07 Å². The van der Waals surface area contributed by atoms with E-state index < -0.39 is 26.5 Å². The number of carbonyl (C=O) groups excluding carboxylic acids is 1. The molecule has 6 N–H and O–H groups in total. The van der Waals surface area contributed by atoms with Gasteiger partial charge in [-0.05, 0) is 55.1 Å². The number of rotatable bonds is 13. The maximum atomic E-state index is 12.3. The average Bonchev–Trinajstić information content (AvgIpc) is 2.99. The van der Waals surface area contributed by atoms with Gasteiger partial charge in [-0.2, -0.15) is 8.42 Å². The molecule has 0 unspecified atom stereocenters. The third kappa shape index (κ3) is 7.98. The first-order chi connectivity index (χ1) is 21.4. The fourth-order valence-corrected chi connectivity index (χ4v) is 5.15. The van der Waals surface area contributed by atoms with Crippen LogP contribution < -0.4 is 30.4 Å². The number of nitrogen functional groups attached to an aromatic ring is 1. The normalized spacial score (nSPS) is 11.5. The van der Waals surface area contributed by atoms with Gasteiger partial charge < -0.3 is 24.6 Å². The Hall–Kier alpha value is -4.92. The number of fused-ring (bicyclic) bond motifs is 1. The Labute approximate surface area is 261 Å². The lowest BCUT2D eigenvalue weighted by Crippen LogP contribution is -2.83. The van der Waals surface area contributed by atoms with Crippen LogP contribution in [0.25, 0.3) is 10.8 Å². The van der Waals surface area contributed by atoms with Crippen molar-refractivity contribution in [3.05, 3.63) is 60.2 Å². The molecule has 0 saturated carbocycles. The summed E-state index contributed by atoms with van der Waals surface area (Å²) < 4.78 is 51.4. The number of methoxy groups -OCH3 is 2. The van der Waals surface area contributed by atoms with Crippen molar-refractivity contribution in [1.29, 1.82) is 0 Å². The van der Waals surface area contributed by atoms with Crippen LogP contribution in [-0.2, 0) is 14.9 Å². The van der Waals surface area contributed by atoms with Crippen LogP contribution in [0.5, 0.6) is 23.0 Å². The van der Waals surface area contributed by atoms with E-state index in [9.17, 15) is 22.9 Å². The Kier molecular flexibility index (Phi) is 10.4. The molecule has 0 aliphatic carbocycles. The van der Waals surface area contributed by atoms with Crippen LogP contribution in [-0.4, -0.2) is 44.8 Å². The zero-order valence-corrected chi connectivity index (χ0v) is 26.4. The maximum Gasteiger partial charge on any atom is 0.296 e. The van der Waals surface area contributed by atoms with Gasteiger partial charge >= 0.3 is 0 Å². The minimum atomic E-state index is -4.85. The molecule has 0 fully saturated rings. The van der Waals surface area contributed by atoms with Gasteiger partial charge in [0.05, 0.1) is 20.8 Å². The fourth-order valence-electron chi connectivity index (χ4n) is 4.49. The van der Waals surface area contributed by atoms with Crippen LogP contribution >= 0.6 is 0 Å². The molecule has 0 aromatic heterocycles. The highest BCUT2D eigenvalue weighted by molar-refractivity contribution is 7.86. The van der Waals surface area contributed by atoms with Gasteiger partial charge in [-0.25, -0.2) is 10.9 Å². The van der Waals surface area contributed by atoms with Crippen LogP contribution in [0.3, 0.4) is 0 Å². The number of carbonyl (C=O) groups is 1. The number of phenols is 1. The van der Waals surface area contributed by atoms with Crippen molar-refractivity contribution >= 4 is 55.2 Å². The van der Waals surface area contributed by atoms with Crippen molar-refractivity contribution in [1.82, 2.24) is 0 Å². The van der Waals surface area contributed by atoms with E-state index in [0.29, 0.717) is 23.7 Å². The second kappa shape index (κ2) is 14.2. The molecule has 0 atom stereocenters. The average molecular weight is 639 g/mol. The lowest BCUT2D eigenvalue weighted by Gasteiger charge is -2.14. The number of benzene rings is 4. The molecular weight excluding hydrogens is 602 g/mol. The molecule has 0 spiro atoms. The highest BCUT2D eigenvalue weighted by atomic mass is 32.2. The lowest BCUT2D eigenvalue weighted by atomic mass is 10.1. The second-order valence-electron chi connectivity index (χ2n) is 10.1. The molecule has 1 amide bonds. The first kappa shape index (κ1) is 33.0. The monoisotopic (exact) mass is 638 g/mol. The molecule has 0 heterocycles. The molecule has 45 heavy (non-hydrogen) atoms. The second-order valence-corrected chi connectivity index (χ2v) is 11.5. The third-order valence-corrected chi connectivity index (χ3v) is 7.67. The summed E-state index contributed by atoms with van der Waals surface area (Å²) in [5.74, 6) is 0.576. The fraction of sp³-hybridized carbons (Fsp3) is 0.258. The Morgan fingerprint density at radius 2 is 1.76 bits per heavy atom. The summed E-state index contributed by atoms with van der Waals surface area (Å²) in [7, 11) is -1.94. The Morgan fingerprint density at radius 3 is 2.40 bits per heavy atom. The maximum absolute atomic E-state index is 12.3. The molecule has 4 rings (SSSR count). The lowest BCUT2D eigenvalue weighted by molar-refractivity contribution is -0.539. The Bertz CT molecular complexity index is 1860. The molecular formula is C31H36N5O8S+. The predicted octanol–water partition coefficient (Wildman–Crippen LogP) is 5.89. The van der Waals surface area contributed by atoms with Gasteiger partial charge in [0.15, 0.2) is 11.4 Å². The number of nitrogens with two attached hydrogens (primary N) is 1. The summed E-state index contributed by atoms with van der Waals surface area (Å²) in [6, 6.07) is 14.6. The molecule has 13 nitrogen and oxygen atoms in total. The molecule has 0 bridgehead atoms. The van der Waals surface area contributed by atoms with Crippen LogP contribution in [0.1, 0.15) is 32.3 Å². The number of quaternary nitrogens is 1. The first-order valence-electron chi connectivity index (χ1n) is 14.0. The van der Waals surface area contributed by atoms with Gasteiger partial charge in [0, 0.05) is 41.8 Å². The molecule has 0 saturated heterocycles.